The molecule has 1 aromatic heterocycles. The van der Waals surface area contributed by atoms with E-state index in [1.807, 2.05) is 48.7 Å². The highest BCUT2D eigenvalue weighted by Gasteiger charge is 2.10. The number of carbonyl (C=O) groups excluding carboxylic acids is 1. The first kappa shape index (κ1) is 12.4. The molecule has 1 aromatic carbocycles. The highest BCUT2D eigenvalue weighted by molar-refractivity contribution is 5.82. The molecule has 96 valence electrons. The summed E-state index contributed by atoms with van der Waals surface area (Å²) in [6, 6.07) is 5.97. The zero-order chi connectivity index (χ0) is 13.3. The molecule has 18 heavy (non-hydrogen) atoms. The first-order valence-electron chi connectivity index (χ1n) is 5.74. The number of esters is 1. The van der Waals surface area contributed by atoms with Gasteiger partial charge >= 0.3 is 5.97 Å². The number of hydrogen-bond donors (Lipinski definition) is 0. The molecule has 5 heteroatoms. The quantitative estimate of drug-likeness (QED) is 0.771. The summed E-state index contributed by atoms with van der Waals surface area (Å²) in [5, 5.41) is 0. The van der Waals surface area contributed by atoms with Gasteiger partial charge in [0.25, 0.3) is 0 Å². The van der Waals surface area contributed by atoms with Gasteiger partial charge < -0.3 is 14.2 Å². The second kappa shape index (κ2) is 4.68. The number of aromatic nitrogens is 2. The molecule has 0 spiro atoms. The van der Waals surface area contributed by atoms with Crippen molar-refractivity contribution >= 4 is 22.7 Å². The minimum Gasteiger partial charge on any atom is -0.468 e. The zero-order valence-corrected chi connectivity index (χ0v) is 11.1. The number of benzene rings is 1. The lowest BCUT2D eigenvalue weighted by atomic mass is 10.2. The summed E-state index contributed by atoms with van der Waals surface area (Å²) in [5.74, 6) is 0.715. The average Bonchev–Trinajstić information content (AvgIpc) is 2.64. The van der Waals surface area contributed by atoms with E-state index >= 15 is 0 Å². The Morgan fingerprint density at radius 2 is 2.22 bits per heavy atom. The van der Waals surface area contributed by atoms with Gasteiger partial charge in [-0.2, -0.15) is 0 Å². The monoisotopic (exact) mass is 247 g/mol. The van der Waals surface area contributed by atoms with E-state index in [9.17, 15) is 4.79 Å². The van der Waals surface area contributed by atoms with Crippen LogP contribution in [0, 0.1) is 6.92 Å². The summed E-state index contributed by atoms with van der Waals surface area (Å²) >= 11 is 0. The van der Waals surface area contributed by atoms with Gasteiger partial charge in [-0.3, -0.25) is 4.79 Å². The fraction of sp³-hybridized carbons (Fsp3) is 0.385. The minimum absolute atomic E-state index is 0.230. The topological polar surface area (TPSA) is 47.4 Å². The van der Waals surface area contributed by atoms with E-state index in [0.717, 1.165) is 22.5 Å². The van der Waals surface area contributed by atoms with Gasteiger partial charge in [0, 0.05) is 19.8 Å². The van der Waals surface area contributed by atoms with Crippen molar-refractivity contribution in [3.05, 3.63) is 24.0 Å². The third-order valence-electron chi connectivity index (χ3n) is 3.12. The van der Waals surface area contributed by atoms with E-state index in [2.05, 4.69) is 9.72 Å². The van der Waals surface area contributed by atoms with Crippen molar-refractivity contribution in [2.24, 2.45) is 7.05 Å². The van der Waals surface area contributed by atoms with Crippen LogP contribution >= 0.6 is 0 Å². The van der Waals surface area contributed by atoms with Gasteiger partial charge in [-0.15, -0.1) is 0 Å². The largest absolute Gasteiger partial charge is 0.468 e. The SMILES string of the molecule is COC(=O)CN(C)c1ccc2c(c1)nc(C)n2C. The molecule has 0 atom stereocenters. The smallest absolute Gasteiger partial charge is 0.325 e. The van der Waals surface area contributed by atoms with E-state index in [4.69, 9.17) is 0 Å². The maximum absolute atomic E-state index is 11.2. The van der Waals surface area contributed by atoms with Crippen molar-refractivity contribution in [1.82, 2.24) is 9.55 Å². The fourth-order valence-corrected chi connectivity index (χ4v) is 1.90. The molecule has 0 aliphatic rings. The summed E-state index contributed by atoms with van der Waals surface area (Å²) in [7, 11) is 5.23. The molecule has 0 amide bonds. The fourth-order valence-electron chi connectivity index (χ4n) is 1.90. The maximum Gasteiger partial charge on any atom is 0.325 e. The second-order valence-electron chi connectivity index (χ2n) is 4.32. The van der Waals surface area contributed by atoms with Crippen molar-refractivity contribution in [2.75, 3.05) is 25.6 Å². The van der Waals surface area contributed by atoms with Gasteiger partial charge in [-0.1, -0.05) is 0 Å². The molecular formula is C13H17N3O2. The molecule has 0 aliphatic heterocycles. The first-order chi connectivity index (χ1) is 8.52. The van der Waals surface area contributed by atoms with Gasteiger partial charge in [-0.25, -0.2) is 4.98 Å². The Kier molecular flexibility index (Phi) is 3.23. The number of fused-ring (bicyclic) bond motifs is 1. The van der Waals surface area contributed by atoms with E-state index < -0.39 is 0 Å². The molecule has 0 N–H and O–H groups in total. The molecule has 0 fully saturated rings. The van der Waals surface area contributed by atoms with Crippen LogP contribution in [0.25, 0.3) is 11.0 Å². The summed E-state index contributed by atoms with van der Waals surface area (Å²) in [5.41, 5.74) is 2.97. The number of ether oxygens (including phenoxy) is 1. The third kappa shape index (κ3) is 2.16. The number of rotatable bonds is 3. The van der Waals surface area contributed by atoms with E-state index in [1.165, 1.54) is 7.11 Å². The molecule has 5 nitrogen and oxygen atoms in total. The standard InChI is InChI=1S/C13H17N3O2/c1-9-14-11-7-10(5-6-12(11)16(9)3)15(2)8-13(17)18-4/h5-7H,8H2,1-4H3. The van der Waals surface area contributed by atoms with Crippen LogP contribution < -0.4 is 4.90 Å². The number of methoxy groups -OCH3 is 1. The lowest BCUT2D eigenvalue weighted by Gasteiger charge is -2.17. The van der Waals surface area contributed by atoms with Crippen LogP contribution in [0.15, 0.2) is 18.2 Å². The Morgan fingerprint density at radius 3 is 2.89 bits per heavy atom. The number of likely N-dealkylation sites (N-methyl/N-ethyl adjacent to an activating group) is 1. The van der Waals surface area contributed by atoms with E-state index in [0.29, 0.717) is 0 Å². The van der Waals surface area contributed by atoms with Gasteiger partial charge in [0.1, 0.15) is 12.4 Å². The van der Waals surface area contributed by atoms with Crippen LogP contribution in [-0.2, 0) is 16.6 Å². The number of aryl methyl sites for hydroxylation is 2. The van der Waals surface area contributed by atoms with Gasteiger partial charge in [-0.05, 0) is 25.1 Å². The Morgan fingerprint density at radius 1 is 1.50 bits per heavy atom. The van der Waals surface area contributed by atoms with Gasteiger partial charge in [0.05, 0.1) is 18.1 Å². The van der Waals surface area contributed by atoms with Crippen LogP contribution in [-0.4, -0.2) is 36.2 Å². The predicted octanol–water partition coefficient (Wildman–Crippen LogP) is 1.49. The normalized spacial score (nSPS) is 10.7. The van der Waals surface area contributed by atoms with Crippen LogP contribution in [0.3, 0.4) is 0 Å². The Hall–Kier alpha value is -2.04. The molecule has 2 rings (SSSR count). The van der Waals surface area contributed by atoms with E-state index in [-0.39, 0.29) is 12.5 Å². The zero-order valence-electron chi connectivity index (χ0n) is 11.1. The number of hydrogen-bond acceptors (Lipinski definition) is 4. The summed E-state index contributed by atoms with van der Waals surface area (Å²) in [6.45, 7) is 2.20. The van der Waals surface area contributed by atoms with Gasteiger partial charge in [0.2, 0.25) is 0 Å². The molecule has 1 heterocycles. The van der Waals surface area contributed by atoms with Crippen molar-refractivity contribution < 1.29 is 9.53 Å². The molecule has 0 saturated carbocycles. The van der Waals surface area contributed by atoms with Gasteiger partial charge in [0.15, 0.2) is 0 Å². The van der Waals surface area contributed by atoms with Crippen LogP contribution in [0.4, 0.5) is 5.69 Å². The Labute approximate surface area is 106 Å². The van der Waals surface area contributed by atoms with Crippen LogP contribution in [0.2, 0.25) is 0 Å². The van der Waals surface area contributed by atoms with Crippen molar-refractivity contribution in [3.8, 4) is 0 Å². The Balaban J connectivity index is 2.32. The second-order valence-corrected chi connectivity index (χ2v) is 4.32. The highest BCUT2D eigenvalue weighted by atomic mass is 16.5. The number of imidazole rings is 1. The van der Waals surface area contributed by atoms with Crippen molar-refractivity contribution in [2.45, 2.75) is 6.92 Å². The molecule has 0 saturated heterocycles. The molecular weight excluding hydrogens is 230 g/mol. The van der Waals surface area contributed by atoms with Crippen LogP contribution in [0.1, 0.15) is 5.82 Å². The number of nitrogens with zero attached hydrogens (tertiary/aromatic N) is 3. The molecule has 2 aromatic rings. The van der Waals surface area contributed by atoms with Crippen molar-refractivity contribution in [3.63, 3.8) is 0 Å². The summed E-state index contributed by atoms with van der Waals surface area (Å²) < 4.78 is 6.69. The average molecular weight is 247 g/mol. The van der Waals surface area contributed by atoms with Crippen LogP contribution in [0.5, 0.6) is 0 Å². The Bertz CT molecular complexity index is 589. The lowest BCUT2D eigenvalue weighted by molar-refractivity contribution is -0.138. The number of carbonyl (C=O) groups is 1. The van der Waals surface area contributed by atoms with Crippen molar-refractivity contribution in [1.29, 1.82) is 0 Å². The summed E-state index contributed by atoms with van der Waals surface area (Å²) in [6.07, 6.45) is 0. The molecule has 0 unspecified atom stereocenters. The summed E-state index contributed by atoms with van der Waals surface area (Å²) in [4.78, 5) is 17.6. The molecule has 0 aliphatic carbocycles. The predicted molar refractivity (Wildman–Crippen MR) is 70.7 cm³/mol. The molecule has 0 bridgehead atoms. The lowest BCUT2D eigenvalue weighted by Crippen LogP contribution is -2.26. The third-order valence-corrected chi connectivity index (χ3v) is 3.12. The maximum atomic E-state index is 11.2. The molecule has 0 radical (unpaired) electrons. The van der Waals surface area contributed by atoms with E-state index in [1.54, 1.807) is 0 Å². The highest BCUT2D eigenvalue weighted by Crippen LogP contribution is 2.21. The number of anilines is 1. The first-order valence-corrected chi connectivity index (χ1v) is 5.74. The minimum atomic E-state index is -0.255.